The maximum absolute atomic E-state index is 14.3. The third-order valence-electron chi connectivity index (χ3n) is 14.6. The summed E-state index contributed by atoms with van der Waals surface area (Å²) in [5, 5.41) is 15.5. The van der Waals surface area contributed by atoms with Crippen LogP contribution in [0, 0.1) is 21.4 Å². The summed E-state index contributed by atoms with van der Waals surface area (Å²) in [6.07, 6.45) is 11.6. The fourth-order valence-corrected chi connectivity index (χ4v) is 11.9. The van der Waals surface area contributed by atoms with Gasteiger partial charge < -0.3 is 29.6 Å². The van der Waals surface area contributed by atoms with Gasteiger partial charge in [-0.2, -0.15) is 13.4 Å². The Bertz CT molecular complexity index is 2700. The van der Waals surface area contributed by atoms with Crippen molar-refractivity contribution in [2.75, 3.05) is 67.7 Å². The Kier molecular flexibility index (Phi) is 11.6. The molecule has 1 amide bonds. The summed E-state index contributed by atoms with van der Waals surface area (Å²) < 4.78 is 41.3. The molecule has 7 heterocycles. The number of likely N-dealkylation sites (tertiary alicyclic amines) is 1. The largest absolute Gasteiger partial charge is 0.474 e. The van der Waals surface area contributed by atoms with Gasteiger partial charge in [-0.05, 0) is 117 Å². The van der Waals surface area contributed by atoms with E-state index in [9.17, 15) is 23.3 Å². The Morgan fingerprint density at radius 2 is 1.78 bits per heavy atom. The molecule has 16 nitrogen and oxygen atoms in total. The van der Waals surface area contributed by atoms with Crippen molar-refractivity contribution < 1.29 is 27.6 Å². The van der Waals surface area contributed by atoms with Gasteiger partial charge in [0.25, 0.3) is 21.6 Å². The van der Waals surface area contributed by atoms with Crippen molar-refractivity contribution in [2.24, 2.45) is 11.3 Å². The van der Waals surface area contributed by atoms with E-state index in [0.29, 0.717) is 72.6 Å². The number of anilines is 4. The number of nitro groups is 1. The van der Waals surface area contributed by atoms with E-state index in [0.717, 1.165) is 68.7 Å². The predicted octanol–water partition coefficient (Wildman–Crippen LogP) is 8.06. The highest BCUT2D eigenvalue weighted by Crippen LogP contribution is 2.54. The Labute approximate surface area is 379 Å². The summed E-state index contributed by atoms with van der Waals surface area (Å²) in [6, 6.07) is 20.3. The van der Waals surface area contributed by atoms with Gasteiger partial charge in [0.1, 0.15) is 23.6 Å². The number of amides is 1. The highest BCUT2D eigenvalue weighted by Gasteiger charge is 2.50. The van der Waals surface area contributed by atoms with Crippen LogP contribution in [-0.2, 0) is 14.8 Å². The van der Waals surface area contributed by atoms with Crippen LogP contribution in [0.3, 0.4) is 0 Å². The van der Waals surface area contributed by atoms with Gasteiger partial charge in [-0.25, -0.2) is 9.71 Å². The fourth-order valence-electron chi connectivity index (χ4n) is 11.0. The number of rotatable bonds is 12. The lowest BCUT2D eigenvalue weighted by molar-refractivity contribution is -0.384. The second-order valence-electron chi connectivity index (χ2n) is 18.8. The summed E-state index contributed by atoms with van der Waals surface area (Å²) >= 11 is 0. The molecule has 3 aromatic heterocycles. The van der Waals surface area contributed by atoms with E-state index in [1.54, 1.807) is 12.3 Å². The minimum atomic E-state index is -4.65. The van der Waals surface area contributed by atoms with E-state index in [-0.39, 0.29) is 23.8 Å². The second-order valence-corrected chi connectivity index (χ2v) is 20.5. The van der Waals surface area contributed by atoms with Gasteiger partial charge in [0.2, 0.25) is 5.88 Å². The number of pyridine rings is 2. The number of carbonyl (C=O) groups is 1. The molecule has 3 saturated heterocycles. The third kappa shape index (κ3) is 8.49. The second kappa shape index (κ2) is 17.5. The third-order valence-corrected chi connectivity index (χ3v) is 15.8. The maximum Gasteiger partial charge on any atom is 0.296 e. The van der Waals surface area contributed by atoms with E-state index >= 15 is 0 Å². The summed E-state index contributed by atoms with van der Waals surface area (Å²) in [5.41, 5.74) is 5.77. The van der Waals surface area contributed by atoms with Crippen molar-refractivity contribution in [3.63, 3.8) is 0 Å². The van der Waals surface area contributed by atoms with Crippen molar-refractivity contribution in [2.45, 2.75) is 88.2 Å². The van der Waals surface area contributed by atoms with Gasteiger partial charge in [0.15, 0.2) is 5.03 Å². The first-order valence-electron chi connectivity index (χ1n) is 23.1. The first-order chi connectivity index (χ1) is 31.4. The molecule has 17 heteroatoms. The molecule has 0 radical (unpaired) electrons. The zero-order valence-electron chi connectivity index (χ0n) is 37.0. The van der Waals surface area contributed by atoms with E-state index in [4.69, 9.17) is 14.5 Å². The van der Waals surface area contributed by atoms with Gasteiger partial charge in [0, 0.05) is 62.2 Å². The molecule has 342 valence electrons. The number of hydrogen-bond acceptors (Lipinski definition) is 13. The molecule has 1 saturated carbocycles. The lowest BCUT2D eigenvalue weighted by Crippen LogP contribution is -2.55. The molecule has 4 fully saturated rings. The van der Waals surface area contributed by atoms with Gasteiger partial charge in [-0.1, -0.05) is 38.1 Å². The smallest absolute Gasteiger partial charge is 0.296 e. The molecule has 1 atom stereocenters. The monoisotopic (exact) mass is 903 g/mol. The minimum Gasteiger partial charge on any atom is -0.474 e. The van der Waals surface area contributed by atoms with E-state index < -0.39 is 31.6 Å². The van der Waals surface area contributed by atoms with Gasteiger partial charge in [0.05, 0.1) is 35.0 Å². The number of benzene rings is 2. The van der Waals surface area contributed by atoms with Crippen LogP contribution in [0.25, 0.3) is 11.0 Å². The van der Waals surface area contributed by atoms with E-state index in [2.05, 4.69) is 67.9 Å². The molecule has 10 rings (SSSR count). The Morgan fingerprint density at radius 1 is 0.985 bits per heavy atom. The molecule has 0 bridgehead atoms. The number of piperidine rings is 1. The number of fused-ring (bicyclic) bond motifs is 2. The molecule has 4 aliphatic heterocycles. The summed E-state index contributed by atoms with van der Waals surface area (Å²) in [5.74, 6) is 0.249. The molecule has 5 aliphatic rings. The average Bonchev–Trinajstić information content (AvgIpc) is 3.99. The number of aromatic amines is 1. The molecule has 1 aliphatic carbocycles. The van der Waals surface area contributed by atoms with E-state index in [1.807, 2.05) is 29.2 Å². The highest BCUT2D eigenvalue weighted by atomic mass is 32.2. The molecule has 1 spiro atoms. The Balaban J connectivity index is 0.885. The number of aromatic nitrogens is 3. The Morgan fingerprint density at radius 3 is 2.57 bits per heavy atom. The van der Waals surface area contributed by atoms with Crippen molar-refractivity contribution in [3.8, 4) is 5.88 Å². The topological polar surface area (TPSA) is 188 Å². The first-order valence-corrected chi connectivity index (χ1v) is 24.6. The number of carbonyl (C=O) groups excluding carboxylic acids is 1. The zero-order valence-corrected chi connectivity index (χ0v) is 37.8. The van der Waals surface area contributed by atoms with Crippen LogP contribution in [0.2, 0.25) is 0 Å². The molecule has 65 heavy (non-hydrogen) atoms. The number of ether oxygens (including phenoxy) is 2. The quantitative estimate of drug-likeness (QED) is 0.0807. The molecule has 1 unspecified atom stereocenters. The summed E-state index contributed by atoms with van der Waals surface area (Å²) in [6.45, 7) is 9.82. The minimum absolute atomic E-state index is 0.102. The number of nitrogens with one attached hydrogen (secondary N) is 3. The van der Waals surface area contributed by atoms with Gasteiger partial charge in [-0.15, -0.1) is 0 Å². The number of H-pyrrole nitrogens is 1. The lowest BCUT2D eigenvalue weighted by Gasteiger charge is -2.56. The molecular weight excluding hydrogens is 847 g/mol. The fraction of sp³-hybridized carbons (Fsp3) is 0.479. The lowest BCUT2D eigenvalue weighted by atomic mass is 9.59. The normalized spacial score (nSPS) is 20.4. The van der Waals surface area contributed by atoms with Gasteiger partial charge >= 0.3 is 0 Å². The first kappa shape index (κ1) is 43.1. The van der Waals surface area contributed by atoms with Crippen molar-refractivity contribution >= 4 is 55.4 Å². The van der Waals surface area contributed by atoms with Crippen molar-refractivity contribution in [3.05, 3.63) is 99.9 Å². The van der Waals surface area contributed by atoms with Crippen molar-refractivity contribution in [1.29, 1.82) is 0 Å². The van der Waals surface area contributed by atoms with Gasteiger partial charge in [-0.3, -0.25) is 19.8 Å². The summed E-state index contributed by atoms with van der Waals surface area (Å²) in [4.78, 5) is 44.8. The maximum atomic E-state index is 14.3. The molecule has 5 aromatic rings. The van der Waals surface area contributed by atoms with Crippen LogP contribution >= 0.6 is 0 Å². The highest BCUT2D eigenvalue weighted by molar-refractivity contribution is 7.90. The molecular formula is C48H57N9O7S. The standard InChI is InChI=1S/C48H57N9O7S/c1-31(2)36-6-3-4-7-37(36)40-8-5-17-55(40)35-27-48(28-35)14-18-54(19-15-48)34-9-10-38(41(25-34)56-20-23-64-47-43(56)24-33-11-16-49-45(33)52-47)46(58)53-65(61,62)44-26-42(57(59)60)39(30-51-44)50-29-32-12-21-63-22-13-32/h3-4,6-7,9-11,16,24-26,30-32,35,40,50H,5,8,12-15,17-23,27-29H2,1-2H3,(H,49,52)(H,53,58). The molecule has 2 aromatic carbocycles. The molecule has 3 N–H and O–H groups in total. The van der Waals surface area contributed by atoms with Crippen LogP contribution < -0.4 is 24.6 Å². The predicted molar refractivity (Wildman–Crippen MR) is 249 cm³/mol. The van der Waals surface area contributed by atoms with E-state index in [1.165, 1.54) is 36.8 Å². The van der Waals surface area contributed by atoms with Crippen LogP contribution in [0.15, 0.2) is 78.1 Å². The average molecular weight is 904 g/mol. The van der Waals surface area contributed by atoms with Crippen LogP contribution in [0.1, 0.15) is 98.7 Å². The number of nitrogens with zero attached hydrogens (tertiary/aromatic N) is 6. The number of sulfonamides is 1. The Hall–Kier alpha value is -5.78. The zero-order chi connectivity index (χ0) is 44.9. The van der Waals surface area contributed by atoms with Crippen LogP contribution in [0.5, 0.6) is 5.88 Å². The SMILES string of the molecule is CC(C)c1ccccc1C1CCCN1C1CC2(CCN(c3ccc(C(=O)NS(=O)(=O)c4cc([N+](=O)[O-])c(NCC5CCOCC5)cn4)c(N4CCOc5nc6[nH]ccc6cc54)c3)CC2)C1. The van der Waals surface area contributed by atoms with Crippen LogP contribution in [0.4, 0.5) is 28.4 Å². The van der Waals surface area contributed by atoms with Crippen molar-refractivity contribution in [1.82, 2.24) is 24.6 Å². The summed E-state index contributed by atoms with van der Waals surface area (Å²) in [7, 11) is -4.65. The number of hydrogen-bond donors (Lipinski definition) is 3. The van der Waals surface area contributed by atoms with Crippen LogP contribution in [-0.4, -0.2) is 97.7 Å².